The van der Waals surface area contributed by atoms with E-state index in [0.29, 0.717) is 34.9 Å². The number of hydrogen-bond acceptors (Lipinski definition) is 9. The minimum Gasteiger partial charge on any atom is -0.494 e. The zero-order valence-corrected chi connectivity index (χ0v) is 19.6. The van der Waals surface area contributed by atoms with E-state index in [-0.39, 0.29) is 23.7 Å². The van der Waals surface area contributed by atoms with Gasteiger partial charge in [0.1, 0.15) is 6.33 Å². The molecule has 4 aromatic rings. The summed E-state index contributed by atoms with van der Waals surface area (Å²) < 4.78 is 22.6. The summed E-state index contributed by atoms with van der Waals surface area (Å²) in [5.41, 5.74) is 6.16. The molecule has 3 N–H and O–H groups in total. The molecule has 1 aromatic carbocycles. The third kappa shape index (κ3) is 3.77. The minimum atomic E-state index is -0.921. The first-order valence-electron chi connectivity index (χ1n) is 11.2. The zero-order chi connectivity index (χ0) is 24.2. The molecule has 3 aromatic heterocycles. The number of anilines is 2. The van der Waals surface area contributed by atoms with Crippen molar-refractivity contribution in [3.8, 4) is 5.75 Å². The SMILES string of the molecule is COc1cc2nc(N)n3nc([C@@H]4CCCN(c5ncn(C(C)C(C)(C)O)n5)C4)nc3c2cc1F. The van der Waals surface area contributed by atoms with Crippen LogP contribution in [0.2, 0.25) is 0 Å². The number of fused-ring (bicyclic) bond motifs is 3. The molecule has 0 aliphatic carbocycles. The quantitative estimate of drug-likeness (QED) is 0.452. The van der Waals surface area contributed by atoms with Crippen LogP contribution in [0.25, 0.3) is 16.6 Å². The average Bonchev–Trinajstić information content (AvgIpc) is 3.47. The van der Waals surface area contributed by atoms with Crippen LogP contribution in [0.4, 0.5) is 16.3 Å². The van der Waals surface area contributed by atoms with Crippen LogP contribution in [-0.2, 0) is 0 Å². The molecule has 5 rings (SSSR count). The smallest absolute Gasteiger partial charge is 0.244 e. The van der Waals surface area contributed by atoms with E-state index in [9.17, 15) is 9.50 Å². The van der Waals surface area contributed by atoms with Crippen LogP contribution in [0.3, 0.4) is 0 Å². The number of ether oxygens (including phenoxy) is 1. The van der Waals surface area contributed by atoms with Crippen molar-refractivity contribution in [2.45, 2.75) is 51.2 Å². The number of piperidine rings is 1. The average molecular weight is 470 g/mol. The molecule has 0 radical (unpaired) electrons. The van der Waals surface area contributed by atoms with E-state index in [0.717, 1.165) is 19.4 Å². The minimum absolute atomic E-state index is 0.0184. The second kappa shape index (κ2) is 8.05. The zero-order valence-electron chi connectivity index (χ0n) is 19.6. The molecule has 4 heterocycles. The topological polar surface area (TPSA) is 133 Å². The summed E-state index contributed by atoms with van der Waals surface area (Å²) in [4.78, 5) is 15.6. The number of aromatic nitrogens is 7. The number of rotatable bonds is 5. The number of hydrogen-bond donors (Lipinski definition) is 2. The second-order valence-electron chi connectivity index (χ2n) is 9.32. The molecule has 0 amide bonds. The molecule has 2 atom stereocenters. The predicted octanol–water partition coefficient (Wildman–Crippen LogP) is 2.31. The van der Waals surface area contributed by atoms with Gasteiger partial charge in [-0.3, -0.25) is 0 Å². The van der Waals surface area contributed by atoms with Crippen LogP contribution in [-0.4, -0.2) is 65.3 Å². The van der Waals surface area contributed by atoms with Gasteiger partial charge in [-0.25, -0.2) is 24.0 Å². The molecular weight excluding hydrogens is 441 g/mol. The van der Waals surface area contributed by atoms with Crippen LogP contribution >= 0.6 is 0 Å². The summed E-state index contributed by atoms with van der Waals surface area (Å²) >= 11 is 0. The summed E-state index contributed by atoms with van der Waals surface area (Å²) in [6.45, 7) is 6.83. The van der Waals surface area contributed by atoms with Gasteiger partial charge in [0, 0.05) is 30.5 Å². The standard InChI is InChI=1S/C22H28FN9O2/c1-12(22(2,3)33)31-11-25-21(29-31)30-7-5-6-13(10-30)18-27-19-14-8-15(23)17(34-4)9-16(14)26-20(24)32(19)28-18/h8-9,11-13,33H,5-7,10H2,1-4H3,(H2,24,26)/t12?,13-/m1/s1. The lowest BCUT2D eigenvalue weighted by atomic mass is 9.98. The maximum Gasteiger partial charge on any atom is 0.244 e. The van der Waals surface area contributed by atoms with Crippen molar-refractivity contribution < 1.29 is 14.2 Å². The number of methoxy groups -OCH3 is 1. The van der Waals surface area contributed by atoms with Crippen molar-refractivity contribution in [3.05, 3.63) is 30.1 Å². The van der Waals surface area contributed by atoms with Crippen LogP contribution < -0.4 is 15.4 Å². The maximum absolute atomic E-state index is 14.4. The van der Waals surface area contributed by atoms with Crippen molar-refractivity contribution in [1.29, 1.82) is 0 Å². The highest BCUT2D eigenvalue weighted by Gasteiger charge is 2.29. The van der Waals surface area contributed by atoms with Crippen molar-refractivity contribution >= 4 is 28.4 Å². The van der Waals surface area contributed by atoms with Crippen LogP contribution in [0.1, 0.15) is 51.4 Å². The van der Waals surface area contributed by atoms with Gasteiger partial charge in [0.25, 0.3) is 0 Å². The van der Waals surface area contributed by atoms with Gasteiger partial charge in [-0.15, -0.1) is 10.2 Å². The van der Waals surface area contributed by atoms with E-state index >= 15 is 0 Å². The molecule has 0 saturated carbocycles. The van der Waals surface area contributed by atoms with Crippen LogP contribution in [0, 0.1) is 5.82 Å². The van der Waals surface area contributed by atoms with Gasteiger partial charge in [0.15, 0.2) is 23.0 Å². The number of nitrogens with zero attached hydrogens (tertiary/aromatic N) is 8. The van der Waals surface area contributed by atoms with Gasteiger partial charge in [0.2, 0.25) is 11.9 Å². The Morgan fingerprint density at radius 2 is 2.06 bits per heavy atom. The Hall–Kier alpha value is -3.54. The Labute approximate surface area is 195 Å². The second-order valence-corrected chi connectivity index (χ2v) is 9.32. The van der Waals surface area contributed by atoms with E-state index < -0.39 is 11.4 Å². The van der Waals surface area contributed by atoms with Crippen molar-refractivity contribution in [2.24, 2.45) is 0 Å². The first-order chi connectivity index (χ1) is 16.2. The van der Waals surface area contributed by atoms with Gasteiger partial charge in [0.05, 0.1) is 24.3 Å². The molecule has 1 aliphatic rings. The highest BCUT2D eigenvalue weighted by molar-refractivity contribution is 5.93. The van der Waals surface area contributed by atoms with E-state index in [4.69, 9.17) is 15.5 Å². The van der Waals surface area contributed by atoms with Gasteiger partial charge in [-0.05, 0) is 39.7 Å². The van der Waals surface area contributed by atoms with Gasteiger partial charge >= 0.3 is 0 Å². The molecule has 0 spiro atoms. The molecule has 12 heteroatoms. The fourth-order valence-corrected chi connectivity index (χ4v) is 4.27. The van der Waals surface area contributed by atoms with E-state index in [1.54, 1.807) is 24.9 Å². The molecule has 1 saturated heterocycles. The van der Waals surface area contributed by atoms with E-state index in [1.165, 1.54) is 23.8 Å². The Kier molecular flexibility index (Phi) is 5.27. The molecule has 0 bridgehead atoms. The predicted molar refractivity (Wildman–Crippen MR) is 124 cm³/mol. The van der Waals surface area contributed by atoms with Gasteiger partial charge in [-0.2, -0.15) is 4.52 Å². The van der Waals surface area contributed by atoms with E-state index in [2.05, 4.69) is 25.1 Å². The van der Waals surface area contributed by atoms with Crippen LogP contribution in [0.5, 0.6) is 5.75 Å². The largest absolute Gasteiger partial charge is 0.494 e. The fourth-order valence-electron chi connectivity index (χ4n) is 4.27. The molecule has 1 aliphatic heterocycles. The molecule has 34 heavy (non-hydrogen) atoms. The summed E-state index contributed by atoms with van der Waals surface area (Å²) in [6.07, 6.45) is 3.45. The Morgan fingerprint density at radius 1 is 1.26 bits per heavy atom. The number of benzene rings is 1. The van der Waals surface area contributed by atoms with Gasteiger partial charge < -0.3 is 20.5 Å². The number of nitrogen functional groups attached to an aromatic ring is 1. The Balaban J connectivity index is 1.46. The monoisotopic (exact) mass is 469 g/mol. The van der Waals surface area contributed by atoms with E-state index in [1.807, 2.05) is 6.92 Å². The lowest BCUT2D eigenvalue weighted by Crippen LogP contribution is -2.36. The highest BCUT2D eigenvalue weighted by atomic mass is 19.1. The maximum atomic E-state index is 14.4. The van der Waals surface area contributed by atoms with Crippen molar-refractivity contribution in [2.75, 3.05) is 30.8 Å². The highest BCUT2D eigenvalue weighted by Crippen LogP contribution is 2.31. The molecule has 11 nitrogen and oxygen atoms in total. The molecule has 180 valence electrons. The molecular formula is C22H28FN9O2. The first-order valence-corrected chi connectivity index (χ1v) is 11.2. The number of nitrogens with two attached hydrogens (primary N) is 1. The van der Waals surface area contributed by atoms with Crippen molar-refractivity contribution in [1.82, 2.24) is 34.3 Å². The Bertz CT molecular complexity index is 1360. The number of aliphatic hydroxyl groups is 1. The third-order valence-corrected chi connectivity index (χ3v) is 6.57. The molecule has 1 unspecified atom stereocenters. The summed E-state index contributed by atoms with van der Waals surface area (Å²) in [5, 5.41) is 20.0. The normalized spacial score (nSPS) is 18.1. The third-order valence-electron chi connectivity index (χ3n) is 6.57. The molecule has 1 fully saturated rings. The summed E-state index contributed by atoms with van der Waals surface area (Å²) in [5.74, 6) is 1.00. The summed E-state index contributed by atoms with van der Waals surface area (Å²) in [7, 11) is 1.40. The first kappa shape index (κ1) is 22.3. The number of halogens is 1. The summed E-state index contributed by atoms with van der Waals surface area (Å²) in [6, 6.07) is 2.63. The lowest BCUT2D eigenvalue weighted by Gasteiger charge is -2.30. The van der Waals surface area contributed by atoms with Gasteiger partial charge in [-0.1, -0.05) is 0 Å². The van der Waals surface area contributed by atoms with Crippen molar-refractivity contribution in [3.63, 3.8) is 0 Å². The fraction of sp³-hybridized carbons (Fsp3) is 0.500. The lowest BCUT2D eigenvalue weighted by molar-refractivity contribution is 0.0257. The van der Waals surface area contributed by atoms with Crippen LogP contribution in [0.15, 0.2) is 18.5 Å². The Morgan fingerprint density at radius 3 is 2.79 bits per heavy atom.